The van der Waals surface area contributed by atoms with Gasteiger partial charge in [0, 0.05) is 6.54 Å². The van der Waals surface area contributed by atoms with Crippen LogP contribution in [-0.2, 0) is 4.79 Å². The highest BCUT2D eigenvalue weighted by molar-refractivity contribution is 5.82. The molecule has 0 unspecified atom stereocenters. The molecule has 0 aromatic heterocycles. The molecular weight excluding hydrogens is 295 g/mol. The van der Waals surface area contributed by atoms with Crippen molar-refractivity contribution in [1.29, 1.82) is 5.26 Å². The van der Waals surface area contributed by atoms with Gasteiger partial charge in [-0.15, -0.1) is 0 Å². The maximum atomic E-state index is 12.8. The van der Waals surface area contributed by atoms with Crippen LogP contribution in [0.25, 0.3) is 0 Å². The van der Waals surface area contributed by atoms with E-state index in [-0.39, 0.29) is 18.9 Å². The van der Waals surface area contributed by atoms with Crippen molar-refractivity contribution in [3.8, 4) is 6.07 Å². The molecule has 0 aromatic carbocycles. The predicted molar refractivity (Wildman–Crippen MR) is 76.8 cm³/mol. The van der Waals surface area contributed by atoms with E-state index < -0.39 is 29.6 Å². The predicted octanol–water partition coefficient (Wildman–Crippen LogP) is 2.70. The zero-order valence-electron chi connectivity index (χ0n) is 13.5. The summed E-state index contributed by atoms with van der Waals surface area (Å²) in [6, 6.07) is 1.39. The minimum Gasteiger partial charge on any atom is -0.336 e. The number of halogens is 3. The van der Waals surface area contributed by atoms with E-state index in [0.29, 0.717) is 13.0 Å². The lowest BCUT2D eigenvalue weighted by Crippen LogP contribution is -2.57. The third kappa shape index (κ3) is 4.35. The number of rotatable bonds is 4. The van der Waals surface area contributed by atoms with Crippen molar-refractivity contribution in [2.45, 2.75) is 58.3 Å². The number of hydrogen-bond donors (Lipinski definition) is 1. The van der Waals surface area contributed by atoms with Gasteiger partial charge >= 0.3 is 6.18 Å². The first-order chi connectivity index (χ1) is 10.0. The lowest BCUT2D eigenvalue weighted by molar-refractivity contribution is -0.189. The van der Waals surface area contributed by atoms with Crippen molar-refractivity contribution in [2.75, 3.05) is 13.1 Å². The van der Waals surface area contributed by atoms with Crippen LogP contribution < -0.4 is 5.32 Å². The highest BCUT2D eigenvalue weighted by atomic mass is 19.4. The van der Waals surface area contributed by atoms with Gasteiger partial charge in [0.1, 0.15) is 5.54 Å². The van der Waals surface area contributed by atoms with Gasteiger partial charge in [-0.05, 0) is 39.2 Å². The van der Waals surface area contributed by atoms with Gasteiger partial charge in [-0.3, -0.25) is 9.69 Å². The number of nitrogens with one attached hydrogen (secondary N) is 1. The number of hydrogen-bond acceptors (Lipinski definition) is 3. The molecule has 0 spiro atoms. The fraction of sp³-hybridized carbons (Fsp3) is 0.867. The summed E-state index contributed by atoms with van der Waals surface area (Å²) in [6.07, 6.45) is -3.70. The number of alkyl halides is 3. The lowest BCUT2D eigenvalue weighted by atomic mass is 9.89. The van der Waals surface area contributed by atoms with E-state index in [2.05, 4.69) is 11.4 Å². The fourth-order valence-corrected chi connectivity index (χ4v) is 2.45. The number of carbonyl (C=O) groups is 1. The first-order valence-corrected chi connectivity index (χ1v) is 7.55. The molecule has 1 heterocycles. The molecule has 4 nitrogen and oxygen atoms in total. The Morgan fingerprint density at radius 1 is 1.36 bits per heavy atom. The molecular formula is C15H24F3N3O. The first kappa shape index (κ1) is 18.8. The molecule has 0 saturated carbocycles. The topological polar surface area (TPSA) is 56.1 Å². The summed E-state index contributed by atoms with van der Waals surface area (Å²) in [5, 5.41) is 11.9. The summed E-state index contributed by atoms with van der Waals surface area (Å²) in [5.41, 5.74) is -1.02. The lowest BCUT2D eigenvalue weighted by Gasteiger charge is -2.38. The molecule has 3 atom stereocenters. The third-order valence-corrected chi connectivity index (χ3v) is 4.61. The van der Waals surface area contributed by atoms with Crippen molar-refractivity contribution >= 4 is 5.91 Å². The maximum Gasteiger partial charge on any atom is 0.393 e. The highest BCUT2D eigenvalue weighted by Crippen LogP contribution is 2.33. The largest absolute Gasteiger partial charge is 0.393 e. The molecule has 1 aliphatic rings. The molecule has 1 amide bonds. The standard InChI is InChI=1S/C15H24F3N3O/c1-10(2)14(4,9-19)20-13(22)11(3)21-7-5-6-12(8-21)15(16,17)18/h10-12H,5-8H2,1-4H3,(H,20,22)/t11-,12-,14-/m1/s1. The van der Waals surface area contributed by atoms with Crippen molar-refractivity contribution in [1.82, 2.24) is 10.2 Å². The van der Waals surface area contributed by atoms with Crippen molar-refractivity contribution in [3.05, 3.63) is 0 Å². The van der Waals surface area contributed by atoms with Gasteiger partial charge < -0.3 is 5.32 Å². The second-order valence-corrected chi connectivity index (χ2v) is 6.51. The summed E-state index contributed by atoms with van der Waals surface area (Å²) in [5.74, 6) is -1.89. The summed E-state index contributed by atoms with van der Waals surface area (Å²) < 4.78 is 38.5. The smallest absolute Gasteiger partial charge is 0.336 e. The van der Waals surface area contributed by atoms with Crippen LogP contribution in [0.1, 0.15) is 40.5 Å². The van der Waals surface area contributed by atoms with Gasteiger partial charge in [-0.2, -0.15) is 18.4 Å². The van der Waals surface area contributed by atoms with Gasteiger partial charge in [0.25, 0.3) is 0 Å². The molecule has 1 fully saturated rings. The van der Waals surface area contributed by atoms with Crippen molar-refractivity contribution in [3.63, 3.8) is 0 Å². The molecule has 1 N–H and O–H groups in total. The minimum atomic E-state index is -4.23. The van der Waals surface area contributed by atoms with Gasteiger partial charge in [-0.25, -0.2) is 0 Å². The zero-order valence-corrected chi connectivity index (χ0v) is 13.5. The summed E-state index contributed by atoms with van der Waals surface area (Å²) in [6.45, 7) is 7.14. The maximum absolute atomic E-state index is 12.8. The van der Waals surface area contributed by atoms with Crippen LogP contribution in [0.4, 0.5) is 13.2 Å². The van der Waals surface area contributed by atoms with Crippen LogP contribution in [0.3, 0.4) is 0 Å². The monoisotopic (exact) mass is 319 g/mol. The van der Waals surface area contributed by atoms with Crippen LogP contribution in [0.5, 0.6) is 0 Å². The molecule has 1 rings (SSSR count). The fourth-order valence-electron chi connectivity index (χ4n) is 2.45. The summed E-state index contributed by atoms with van der Waals surface area (Å²) >= 11 is 0. The van der Waals surface area contributed by atoms with E-state index in [9.17, 15) is 23.2 Å². The van der Waals surface area contributed by atoms with E-state index >= 15 is 0 Å². The van der Waals surface area contributed by atoms with Crippen LogP contribution in [-0.4, -0.2) is 41.7 Å². The Morgan fingerprint density at radius 2 is 1.95 bits per heavy atom. The Morgan fingerprint density at radius 3 is 2.41 bits per heavy atom. The molecule has 0 radical (unpaired) electrons. The van der Waals surface area contributed by atoms with Gasteiger partial charge in [-0.1, -0.05) is 13.8 Å². The number of nitriles is 1. The molecule has 1 aliphatic heterocycles. The number of carbonyl (C=O) groups excluding carboxylic acids is 1. The van der Waals surface area contributed by atoms with Gasteiger partial charge in [0.2, 0.25) is 5.91 Å². The Bertz CT molecular complexity index is 444. The van der Waals surface area contributed by atoms with E-state index in [1.54, 1.807) is 18.7 Å². The summed E-state index contributed by atoms with van der Waals surface area (Å²) in [7, 11) is 0. The number of amides is 1. The van der Waals surface area contributed by atoms with Crippen LogP contribution in [0.15, 0.2) is 0 Å². The molecule has 126 valence electrons. The SMILES string of the molecule is CC(C)[C@@](C)(C#N)NC(=O)[C@@H](C)N1CCC[C@@H](C(F)(F)F)C1. The number of likely N-dealkylation sites (tertiary alicyclic amines) is 1. The minimum absolute atomic E-state index is 0.0991. The molecule has 1 saturated heterocycles. The molecule has 0 bridgehead atoms. The average Bonchev–Trinajstić information content (AvgIpc) is 2.45. The zero-order chi connectivity index (χ0) is 17.1. The first-order valence-electron chi connectivity index (χ1n) is 7.55. The van der Waals surface area contributed by atoms with Crippen LogP contribution in [0.2, 0.25) is 0 Å². The van der Waals surface area contributed by atoms with Crippen LogP contribution in [0, 0.1) is 23.2 Å². The average molecular weight is 319 g/mol. The normalized spacial score (nSPS) is 24.4. The van der Waals surface area contributed by atoms with E-state index in [0.717, 1.165) is 0 Å². The van der Waals surface area contributed by atoms with E-state index in [1.807, 2.05) is 13.8 Å². The van der Waals surface area contributed by atoms with Crippen molar-refractivity contribution in [2.24, 2.45) is 11.8 Å². The van der Waals surface area contributed by atoms with E-state index in [4.69, 9.17) is 0 Å². The molecule has 7 heteroatoms. The Hall–Kier alpha value is -1.29. The van der Waals surface area contributed by atoms with Gasteiger partial charge in [0.15, 0.2) is 0 Å². The highest BCUT2D eigenvalue weighted by Gasteiger charge is 2.43. The van der Waals surface area contributed by atoms with Crippen molar-refractivity contribution < 1.29 is 18.0 Å². The Kier molecular flexibility index (Phi) is 5.85. The number of piperidine rings is 1. The van der Waals surface area contributed by atoms with Crippen LogP contribution >= 0.6 is 0 Å². The Labute approximate surface area is 129 Å². The quantitative estimate of drug-likeness (QED) is 0.867. The Balaban J connectivity index is 2.73. The molecule has 0 aromatic rings. The molecule has 22 heavy (non-hydrogen) atoms. The molecule has 0 aliphatic carbocycles. The summed E-state index contributed by atoms with van der Waals surface area (Å²) in [4.78, 5) is 13.8. The van der Waals surface area contributed by atoms with E-state index in [1.165, 1.54) is 0 Å². The number of nitrogens with zero attached hydrogens (tertiary/aromatic N) is 2. The third-order valence-electron chi connectivity index (χ3n) is 4.61. The van der Waals surface area contributed by atoms with Gasteiger partial charge in [0.05, 0.1) is 18.0 Å². The second-order valence-electron chi connectivity index (χ2n) is 6.51. The second kappa shape index (κ2) is 6.86.